The molecular weight excluding hydrogens is 346 g/mol. The van der Waals surface area contributed by atoms with Crippen LogP contribution in [0.25, 0.3) is 4.96 Å². The van der Waals surface area contributed by atoms with Crippen LogP contribution in [0.3, 0.4) is 0 Å². The van der Waals surface area contributed by atoms with Gasteiger partial charge in [0, 0.05) is 16.0 Å². The van der Waals surface area contributed by atoms with Gasteiger partial charge in [0.2, 0.25) is 0 Å². The van der Waals surface area contributed by atoms with E-state index in [-0.39, 0.29) is 0 Å². The van der Waals surface area contributed by atoms with Gasteiger partial charge in [-0.3, -0.25) is 4.40 Å². The van der Waals surface area contributed by atoms with E-state index in [0.29, 0.717) is 11.6 Å². The Kier molecular flexibility index (Phi) is 3.52. The van der Waals surface area contributed by atoms with Gasteiger partial charge < -0.3 is 5.32 Å². The summed E-state index contributed by atoms with van der Waals surface area (Å²) in [6.07, 6.45) is 2.04. The number of aryl methyl sites for hydroxylation is 1. The van der Waals surface area contributed by atoms with Crippen molar-refractivity contribution in [3.05, 3.63) is 50.7 Å². The molecular formula is C13H11BrClN3S. The number of rotatable bonds is 3. The number of hydrogen-bond acceptors (Lipinski definition) is 3. The molecule has 0 bridgehead atoms. The molecule has 19 heavy (non-hydrogen) atoms. The third-order valence-corrected chi connectivity index (χ3v) is 4.50. The van der Waals surface area contributed by atoms with Crippen molar-refractivity contribution in [3.63, 3.8) is 0 Å². The largest absolute Gasteiger partial charge is 0.378 e. The van der Waals surface area contributed by atoms with Gasteiger partial charge in [-0.05, 0) is 25.1 Å². The van der Waals surface area contributed by atoms with Gasteiger partial charge in [0.05, 0.1) is 28.6 Å². The molecule has 1 N–H and O–H groups in total. The Morgan fingerprint density at radius 3 is 3.11 bits per heavy atom. The fraction of sp³-hybridized carbons (Fsp3) is 0.154. The quantitative estimate of drug-likeness (QED) is 0.735. The summed E-state index contributed by atoms with van der Waals surface area (Å²) in [7, 11) is 0. The molecule has 98 valence electrons. The van der Waals surface area contributed by atoms with Crippen LogP contribution in [0, 0.1) is 6.92 Å². The summed E-state index contributed by atoms with van der Waals surface area (Å²) < 4.78 is 3.09. The van der Waals surface area contributed by atoms with E-state index in [9.17, 15) is 0 Å². The van der Waals surface area contributed by atoms with Crippen LogP contribution in [0.1, 0.15) is 11.4 Å². The molecule has 0 aliphatic heterocycles. The molecule has 0 fully saturated rings. The van der Waals surface area contributed by atoms with Crippen molar-refractivity contribution >= 4 is 49.5 Å². The molecule has 2 heterocycles. The SMILES string of the molecule is Cc1nc2sccn2c1CNc1ccc(Br)cc1Cl. The van der Waals surface area contributed by atoms with Crippen LogP contribution in [-0.2, 0) is 6.54 Å². The van der Waals surface area contributed by atoms with E-state index in [4.69, 9.17) is 11.6 Å². The number of hydrogen-bond donors (Lipinski definition) is 1. The highest BCUT2D eigenvalue weighted by Gasteiger charge is 2.09. The summed E-state index contributed by atoms with van der Waals surface area (Å²) in [5.74, 6) is 0. The maximum atomic E-state index is 6.19. The van der Waals surface area contributed by atoms with Crippen molar-refractivity contribution < 1.29 is 0 Å². The normalized spacial score (nSPS) is 11.1. The second-order valence-corrected chi connectivity index (χ2v) is 6.37. The smallest absolute Gasteiger partial charge is 0.194 e. The molecule has 2 aromatic heterocycles. The predicted molar refractivity (Wildman–Crippen MR) is 84.3 cm³/mol. The second-order valence-electron chi connectivity index (χ2n) is 4.18. The number of imidazole rings is 1. The molecule has 3 rings (SSSR count). The molecule has 0 saturated heterocycles. The van der Waals surface area contributed by atoms with E-state index < -0.39 is 0 Å². The van der Waals surface area contributed by atoms with Crippen molar-refractivity contribution in [1.29, 1.82) is 0 Å². The lowest BCUT2D eigenvalue weighted by Gasteiger charge is -2.08. The average Bonchev–Trinajstić information content (AvgIpc) is 2.90. The molecule has 0 aliphatic carbocycles. The zero-order valence-corrected chi connectivity index (χ0v) is 13.3. The van der Waals surface area contributed by atoms with E-state index in [2.05, 4.69) is 30.6 Å². The lowest BCUT2D eigenvalue weighted by molar-refractivity contribution is 0.994. The molecule has 0 spiro atoms. The minimum absolute atomic E-state index is 0.699. The first kappa shape index (κ1) is 13.0. The molecule has 6 heteroatoms. The summed E-state index contributed by atoms with van der Waals surface area (Å²) in [5, 5.41) is 6.10. The van der Waals surface area contributed by atoms with Crippen LogP contribution in [-0.4, -0.2) is 9.38 Å². The van der Waals surface area contributed by atoms with Gasteiger partial charge in [-0.2, -0.15) is 0 Å². The zero-order valence-electron chi connectivity index (χ0n) is 10.2. The molecule has 0 saturated carbocycles. The van der Waals surface area contributed by atoms with E-state index in [1.165, 1.54) is 0 Å². The summed E-state index contributed by atoms with van der Waals surface area (Å²) in [6.45, 7) is 2.73. The molecule has 3 nitrogen and oxygen atoms in total. The van der Waals surface area contributed by atoms with Crippen molar-refractivity contribution in [2.75, 3.05) is 5.32 Å². The van der Waals surface area contributed by atoms with Gasteiger partial charge in [0.25, 0.3) is 0 Å². The van der Waals surface area contributed by atoms with E-state index in [1.54, 1.807) is 11.3 Å². The van der Waals surface area contributed by atoms with Crippen LogP contribution in [0.4, 0.5) is 5.69 Å². The Morgan fingerprint density at radius 1 is 1.47 bits per heavy atom. The first-order valence-electron chi connectivity index (χ1n) is 5.75. The number of nitrogens with one attached hydrogen (secondary N) is 1. The highest BCUT2D eigenvalue weighted by Crippen LogP contribution is 2.26. The van der Waals surface area contributed by atoms with Gasteiger partial charge in [-0.25, -0.2) is 4.98 Å². The van der Waals surface area contributed by atoms with Crippen molar-refractivity contribution in [3.8, 4) is 0 Å². The van der Waals surface area contributed by atoms with Gasteiger partial charge >= 0.3 is 0 Å². The standard InChI is InChI=1S/C13H11BrClN3S/c1-8-12(18-4-5-19-13(18)17-8)7-16-11-3-2-9(14)6-10(11)15/h2-6,16H,7H2,1H3. The van der Waals surface area contributed by atoms with E-state index in [1.807, 2.05) is 36.7 Å². The average molecular weight is 357 g/mol. The monoisotopic (exact) mass is 355 g/mol. The van der Waals surface area contributed by atoms with Crippen LogP contribution >= 0.6 is 38.9 Å². The second kappa shape index (κ2) is 5.15. The molecule has 0 atom stereocenters. The van der Waals surface area contributed by atoms with Gasteiger partial charge in [-0.1, -0.05) is 27.5 Å². The highest BCUT2D eigenvalue weighted by atomic mass is 79.9. The van der Waals surface area contributed by atoms with Crippen LogP contribution < -0.4 is 5.32 Å². The van der Waals surface area contributed by atoms with Crippen molar-refractivity contribution in [2.24, 2.45) is 0 Å². The number of anilines is 1. The maximum Gasteiger partial charge on any atom is 0.194 e. The third kappa shape index (κ3) is 2.50. The first-order chi connectivity index (χ1) is 9.15. The molecule has 1 aromatic carbocycles. The Morgan fingerprint density at radius 2 is 2.32 bits per heavy atom. The minimum Gasteiger partial charge on any atom is -0.378 e. The summed E-state index contributed by atoms with van der Waals surface area (Å²) in [4.78, 5) is 5.55. The fourth-order valence-electron chi connectivity index (χ4n) is 1.97. The van der Waals surface area contributed by atoms with E-state index in [0.717, 1.165) is 26.5 Å². The molecule has 0 aliphatic rings. The highest BCUT2D eigenvalue weighted by molar-refractivity contribution is 9.10. The maximum absolute atomic E-state index is 6.19. The van der Waals surface area contributed by atoms with Gasteiger partial charge in [-0.15, -0.1) is 11.3 Å². The number of thiazole rings is 1. The van der Waals surface area contributed by atoms with Crippen LogP contribution in [0.15, 0.2) is 34.2 Å². The number of benzene rings is 1. The Balaban J connectivity index is 1.85. The fourth-order valence-corrected chi connectivity index (χ4v) is 3.48. The molecule has 0 radical (unpaired) electrons. The lowest BCUT2D eigenvalue weighted by Crippen LogP contribution is -2.03. The molecule has 0 unspecified atom stereocenters. The number of halogens is 2. The van der Waals surface area contributed by atoms with Crippen LogP contribution in [0.2, 0.25) is 5.02 Å². The molecule has 0 amide bonds. The van der Waals surface area contributed by atoms with Crippen LogP contribution in [0.5, 0.6) is 0 Å². The van der Waals surface area contributed by atoms with Crippen molar-refractivity contribution in [2.45, 2.75) is 13.5 Å². The Labute approximate surface area is 128 Å². The number of fused-ring (bicyclic) bond motifs is 1. The molecule has 3 aromatic rings. The first-order valence-corrected chi connectivity index (χ1v) is 7.80. The van der Waals surface area contributed by atoms with E-state index >= 15 is 0 Å². The van der Waals surface area contributed by atoms with Gasteiger partial charge in [0.15, 0.2) is 4.96 Å². The number of aromatic nitrogens is 2. The summed E-state index contributed by atoms with van der Waals surface area (Å²) in [6, 6.07) is 5.82. The third-order valence-electron chi connectivity index (χ3n) is 2.94. The Hall–Kier alpha value is -1.04. The van der Waals surface area contributed by atoms with Gasteiger partial charge in [0.1, 0.15) is 0 Å². The van der Waals surface area contributed by atoms with Crippen molar-refractivity contribution in [1.82, 2.24) is 9.38 Å². The predicted octanol–water partition coefficient (Wildman–Crippen LogP) is 4.73. The lowest BCUT2D eigenvalue weighted by atomic mass is 10.3. The number of nitrogens with zero attached hydrogens (tertiary/aromatic N) is 2. The minimum atomic E-state index is 0.699. The summed E-state index contributed by atoms with van der Waals surface area (Å²) >= 11 is 11.2. The topological polar surface area (TPSA) is 29.3 Å². The Bertz CT molecular complexity index is 735. The zero-order chi connectivity index (χ0) is 13.4. The summed E-state index contributed by atoms with van der Waals surface area (Å²) in [5.41, 5.74) is 3.14.